The maximum Gasteiger partial charge on any atom is 0.123 e. The first-order valence-corrected chi connectivity index (χ1v) is 10.4. The monoisotopic (exact) mass is 445 g/mol. The summed E-state index contributed by atoms with van der Waals surface area (Å²) in [5.41, 5.74) is 14.2. The SMILES string of the molecule is N=C(C(=C(/N)NCCN1CCC(F)C1)/C(Cl)=C(\N)c1ccccc1)c1ccc(F)cc1. The van der Waals surface area contributed by atoms with Crippen LogP contribution in [0, 0.1) is 11.2 Å². The Morgan fingerprint density at radius 2 is 1.77 bits per heavy atom. The zero-order chi connectivity index (χ0) is 22.4. The van der Waals surface area contributed by atoms with E-state index in [-0.39, 0.29) is 27.8 Å². The van der Waals surface area contributed by atoms with Crippen LogP contribution in [0.2, 0.25) is 0 Å². The molecule has 6 N–H and O–H groups in total. The minimum atomic E-state index is -0.793. The van der Waals surface area contributed by atoms with Crippen molar-refractivity contribution in [2.45, 2.75) is 12.6 Å². The molecule has 31 heavy (non-hydrogen) atoms. The summed E-state index contributed by atoms with van der Waals surface area (Å²) in [7, 11) is 0. The molecule has 1 heterocycles. The second kappa shape index (κ2) is 10.4. The number of rotatable bonds is 8. The summed E-state index contributed by atoms with van der Waals surface area (Å²) in [5, 5.41) is 11.9. The van der Waals surface area contributed by atoms with Crippen molar-refractivity contribution in [3.63, 3.8) is 0 Å². The van der Waals surface area contributed by atoms with Gasteiger partial charge < -0.3 is 16.8 Å². The molecule has 8 heteroatoms. The van der Waals surface area contributed by atoms with Crippen molar-refractivity contribution in [3.8, 4) is 0 Å². The molecule has 1 atom stereocenters. The molecule has 0 saturated carbocycles. The van der Waals surface area contributed by atoms with Crippen molar-refractivity contribution in [1.29, 1.82) is 5.41 Å². The Morgan fingerprint density at radius 1 is 1.10 bits per heavy atom. The van der Waals surface area contributed by atoms with E-state index in [9.17, 15) is 8.78 Å². The minimum Gasteiger partial charge on any atom is -0.397 e. The third-order valence-corrected chi connectivity index (χ3v) is 5.54. The Kier molecular flexibility index (Phi) is 7.65. The molecule has 1 aliphatic heterocycles. The van der Waals surface area contributed by atoms with Gasteiger partial charge in [-0.05, 0) is 36.2 Å². The van der Waals surface area contributed by atoms with Crippen LogP contribution in [0.15, 0.2) is 71.0 Å². The van der Waals surface area contributed by atoms with E-state index >= 15 is 0 Å². The molecule has 5 nitrogen and oxygen atoms in total. The van der Waals surface area contributed by atoms with Crippen molar-refractivity contribution in [2.75, 3.05) is 26.2 Å². The van der Waals surface area contributed by atoms with Crippen LogP contribution in [-0.4, -0.2) is 43.0 Å². The van der Waals surface area contributed by atoms with E-state index in [1.165, 1.54) is 24.3 Å². The zero-order valence-corrected chi connectivity index (χ0v) is 17.8. The van der Waals surface area contributed by atoms with Gasteiger partial charge in [0.25, 0.3) is 0 Å². The van der Waals surface area contributed by atoms with Crippen molar-refractivity contribution >= 4 is 23.0 Å². The highest BCUT2D eigenvalue weighted by Crippen LogP contribution is 2.27. The predicted octanol–water partition coefficient (Wildman–Crippen LogP) is 3.56. The maximum atomic E-state index is 13.4. The van der Waals surface area contributed by atoms with Gasteiger partial charge in [-0.2, -0.15) is 0 Å². The second-order valence-electron chi connectivity index (χ2n) is 7.38. The lowest BCUT2D eigenvalue weighted by atomic mass is 9.99. The fourth-order valence-electron chi connectivity index (χ4n) is 3.43. The van der Waals surface area contributed by atoms with Crippen molar-refractivity contribution < 1.29 is 8.78 Å². The van der Waals surface area contributed by atoms with E-state index in [1.54, 1.807) is 12.1 Å². The molecule has 2 aromatic carbocycles. The van der Waals surface area contributed by atoms with Gasteiger partial charge in [-0.25, -0.2) is 8.78 Å². The summed E-state index contributed by atoms with van der Waals surface area (Å²) in [5.74, 6) is -0.232. The van der Waals surface area contributed by atoms with Crippen LogP contribution in [0.4, 0.5) is 8.78 Å². The number of hydrogen-bond acceptors (Lipinski definition) is 5. The third kappa shape index (κ3) is 5.83. The summed E-state index contributed by atoms with van der Waals surface area (Å²) < 4.78 is 26.7. The number of allylic oxidation sites excluding steroid dienone is 2. The number of benzene rings is 2. The van der Waals surface area contributed by atoms with Gasteiger partial charge in [-0.3, -0.25) is 10.3 Å². The zero-order valence-electron chi connectivity index (χ0n) is 17.0. The van der Waals surface area contributed by atoms with Gasteiger partial charge in [0.15, 0.2) is 0 Å². The molecule has 0 radical (unpaired) electrons. The molecule has 0 spiro atoms. The van der Waals surface area contributed by atoms with E-state index < -0.39 is 12.0 Å². The molecule has 0 aliphatic carbocycles. The highest BCUT2D eigenvalue weighted by molar-refractivity contribution is 6.39. The summed E-state index contributed by atoms with van der Waals surface area (Å²) in [6.07, 6.45) is -0.258. The molecular formula is C23H26ClF2N5. The lowest BCUT2D eigenvalue weighted by Crippen LogP contribution is -2.34. The second-order valence-corrected chi connectivity index (χ2v) is 7.76. The molecule has 1 fully saturated rings. The van der Waals surface area contributed by atoms with E-state index in [1.807, 2.05) is 23.1 Å². The molecule has 0 aromatic heterocycles. The first kappa shape index (κ1) is 22.8. The lowest BCUT2D eigenvalue weighted by Gasteiger charge is -2.19. The van der Waals surface area contributed by atoms with Crippen LogP contribution in [0.25, 0.3) is 5.70 Å². The molecule has 3 rings (SSSR count). The molecular weight excluding hydrogens is 420 g/mol. The van der Waals surface area contributed by atoms with Crippen LogP contribution < -0.4 is 16.8 Å². The molecule has 1 aliphatic rings. The van der Waals surface area contributed by atoms with Gasteiger partial charge in [-0.1, -0.05) is 41.9 Å². The highest BCUT2D eigenvalue weighted by Gasteiger charge is 2.22. The van der Waals surface area contributed by atoms with E-state index in [0.29, 0.717) is 43.7 Å². The Bertz CT molecular complexity index is 973. The quantitative estimate of drug-likeness (QED) is 0.369. The average molecular weight is 446 g/mol. The Balaban J connectivity index is 1.90. The van der Waals surface area contributed by atoms with Gasteiger partial charge in [0, 0.05) is 31.7 Å². The molecule has 0 bridgehead atoms. The number of halogens is 3. The Labute approximate surface area is 185 Å². The average Bonchev–Trinajstić information content (AvgIpc) is 3.19. The normalized spacial score (nSPS) is 18.4. The smallest absolute Gasteiger partial charge is 0.123 e. The first-order valence-electron chi connectivity index (χ1n) is 10.0. The van der Waals surface area contributed by atoms with Crippen molar-refractivity contribution in [3.05, 3.63) is 88.0 Å². The Morgan fingerprint density at radius 3 is 2.39 bits per heavy atom. The fraction of sp³-hybridized carbons (Fsp3) is 0.261. The number of nitrogens with zero attached hydrogens (tertiary/aromatic N) is 1. The number of nitrogens with two attached hydrogens (primary N) is 2. The van der Waals surface area contributed by atoms with Crippen LogP contribution in [-0.2, 0) is 0 Å². The molecule has 1 unspecified atom stereocenters. The number of hydrogen-bond donors (Lipinski definition) is 4. The van der Waals surface area contributed by atoms with E-state index in [0.717, 1.165) is 0 Å². The van der Waals surface area contributed by atoms with Crippen molar-refractivity contribution in [1.82, 2.24) is 10.2 Å². The summed E-state index contributed by atoms with van der Waals surface area (Å²) >= 11 is 6.63. The molecule has 164 valence electrons. The number of likely N-dealkylation sites (tertiary alicyclic amines) is 1. The van der Waals surface area contributed by atoms with E-state index in [2.05, 4.69) is 5.32 Å². The summed E-state index contributed by atoms with van der Waals surface area (Å²) in [6, 6.07) is 14.6. The van der Waals surface area contributed by atoms with E-state index in [4.69, 9.17) is 28.5 Å². The standard InChI is InChI=1S/C23H26ClF2N5/c24-20(22(28)15-4-2-1-3-5-15)19(21(27)16-6-8-17(25)9-7-16)23(29)30-11-13-31-12-10-18(26)14-31/h1-9,18,27,30H,10-14,28-29H2/b22-20+,23-19-,27-21?. The summed E-state index contributed by atoms with van der Waals surface area (Å²) in [6.45, 7) is 2.17. The lowest BCUT2D eigenvalue weighted by molar-refractivity contribution is 0.289. The molecule has 2 aromatic rings. The van der Waals surface area contributed by atoms with Gasteiger partial charge in [0.2, 0.25) is 0 Å². The predicted molar refractivity (Wildman–Crippen MR) is 122 cm³/mol. The number of alkyl halides is 1. The van der Waals surface area contributed by atoms with Crippen molar-refractivity contribution in [2.24, 2.45) is 11.5 Å². The van der Waals surface area contributed by atoms with Gasteiger partial charge in [0.1, 0.15) is 17.8 Å². The maximum absolute atomic E-state index is 13.4. The topological polar surface area (TPSA) is 91.2 Å². The van der Waals surface area contributed by atoms with Gasteiger partial charge in [0.05, 0.1) is 22.0 Å². The highest BCUT2D eigenvalue weighted by atomic mass is 35.5. The number of nitrogens with one attached hydrogen (secondary N) is 2. The van der Waals surface area contributed by atoms with Gasteiger partial charge >= 0.3 is 0 Å². The molecule has 1 saturated heterocycles. The Hall–Kier alpha value is -2.90. The van der Waals surface area contributed by atoms with Gasteiger partial charge in [-0.15, -0.1) is 0 Å². The third-order valence-electron chi connectivity index (χ3n) is 5.15. The first-order chi connectivity index (χ1) is 14.9. The largest absolute Gasteiger partial charge is 0.397 e. The fourth-order valence-corrected chi connectivity index (χ4v) is 3.73. The van der Waals surface area contributed by atoms with Crippen LogP contribution in [0.1, 0.15) is 17.5 Å². The molecule has 0 amide bonds. The van der Waals surface area contributed by atoms with Crippen LogP contribution >= 0.6 is 11.6 Å². The van der Waals surface area contributed by atoms with Crippen LogP contribution in [0.5, 0.6) is 0 Å². The minimum absolute atomic E-state index is 0.0128. The van der Waals surface area contributed by atoms with Crippen LogP contribution in [0.3, 0.4) is 0 Å². The summed E-state index contributed by atoms with van der Waals surface area (Å²) in [4.78, 5) is 2.01.